The summed E-state index contributed by atoms with van der Waals surface area (Å²) in [6, 6.07) is 1.35. The summed E-state index contributed by atoms with van der Waals surface area (Å²) in [4.78, 5) is 14.9. The van der Waals surface area contributed by atoms with Crippen LogP contribution in [0, 0.1) is 0 Å². The molecule has 0 aliphatic heterocycles. The lowest BCUT2D eigenvalue weighted by Crippen LogP contribution is -2.10. The van der Waals surface area contributed by atoms with Crippen LogP contribution in [-0.4, -0.2) is 17.6 Å². The Kier molecular flexibility index (Phi) is 4.79. The van der Waals surface area contributed by atoms with E-state index in [1.54, 1.807) is 6.92 Å². The molecule has 0 aliphatic rings. The predicted octanol–water partition coefficient (Wildman–Crippen LogP) is 3.72. The first-order chi connectivity index (χ1) is 7.47. The molecular formula is C9H7Br2F2NO2. The number of esters is 1. The smallest absolute Gasteiger partial charge is 0.358 e. The van der Waals surface area contributed by atoms with E-state index >= 15 is 0 Å². The number of ether oxygens (including phenoxy) is 1. The van der Waals surface area contributed by atoms with Crippen LogP contribution in [-0.2, 0) is 4.74 Å². The molecule has 3 nitrogen and oxygen atoms in total. The third-order valence-corrected chi connectivity index (χ3v) is 2.87. The molecule has 0 fully saturated rings. The zero-order valence-corrected chi connectivity index (χ0v) is 11.3. The van der Waals surface area contributed by atoms with E-state index in [1.807, 2.05) is 0 Å². The third kappa shape index (κ3) is 2.98. The minimum absolute atomic E-state index is 0.141. The quantitative estimate of drug-likeness (QED) is 0.773. The largest absolute Gasteiger partial charge is 0.461 e. The van der Waals surface area contributed by atoms with Crippen molar-refractivity contribution in [2.45, 2.75) is 13.3 Å². The Hall–Kier alpha value is -0.560. The molecule has 0 unspecified atom stereocenters. The molecule has 1 rings (SSSR count). The topological polar surface area (TPSA) is 39.2 Å². The second kappa shape index (κ2) is 5.67. The lowest BCUT2D eigenvalue weighted by molar-refractivity contribution is 0.0516. The van der Waals surface area contributed by atoms with Gasteiger partial charge in [0.15, 0.2) is 5.69 Å². The van der Waals surface area contributed by atoms with Crippen LogP contribution in [0.15, 0.2) is 15.0 Å². The van der Waals surface area contributed by atoms with Crippen LogP contribution in [0.4, 0.5) is 8.78 Å². The molecule has 1 heterocycles. The van der Waals surface area contributed by atoms with Crippen LogP contribution in [0.3, 0.4) is 0 Å². The predicted molar refractivity (Wildman–Crippen MR) is 60.6 cm³/mol. The van der Waals surface area contributed by atoms with E-state index < -0.39 is 18.1 Å². The van der Waals surface area contributed by atoms with Crippen molar-refractivity contribution in [3.63, 3.8) is 0 Å². The van der Waals surface area contributed by atoms with Crippen LogP contribution < -0.4 is 0 Å². The van der Waals surface area contributed by atoms with Gasteiger partial charge in [0, 0.05) is 4.47 Å². The van der Waals surface area contributed by atoms with Gasteiger partial charge in [-0.15, -0.1) is 0 Å². The molecular weight excluding hydrogens is 352 g/mol. The van der Waals surface area contributed by atoms with Crippen molar-refractivity contribution in [2.24, 2.45) is 0 Å². The van der Waals surface area contributed by atoms with Crippen LogP contribution in [0.1, 0.15) is 29.5 Å². The summed E-state index contributed by atoms with van der Waals surface area (Å²) < 4.78 is 30.2. The summed E-state index contributed by atoms with van der Waals surface area (Å²) >= 11 is 6.01. The molecule has 0 aromatic carbocycles. The van der Waals surface area contributed by atoms with E-state index in [0.29, 0.717) is 4.47 Å². The zero-order chi connectivity index (χ0) is 12.3. The van der Waals surface area contributed by atoms with Gasteiger partial charge in [-0.2, -0.15) is 0 Å². The van der Waals surface area contributed by atoms with E-state index in [1.165, 1.54) is 6.07 Å². The normalized spacial score (nSPS) is 10.6. The summed E-state index contributed by atoms with van der Waals surface area (Å²) in [6.07, 6.45) is -2.75. The monoisotopic (exact) mass is 357 g/mol. The molecule has 88 valence electrons. The molecule has 16 heavy (non-hydrogen) atoms. The maximum absolute atomic E-state index is 12.5. The zero-order valence-electron chi connectivity index (χ0n) is 8.14. The summed E-state index contributed by atoms with van der Waals surface area (Å²) in [5.74, 6) is -0.733. The van der Waals surface area contributed by atoms with Crippen LogP contribution in [0.2, 0.25) is 0 Å². The van der Waals surface area contributed by atoms with Gasteiger partial charge in [0.25, 0.3) is 6.43 Å². The average molecular weight is 359 g/mol. The SMILES string of the molecule is CCOC(=O)c1nc(C(F)F)c(Br)cc1Br. The molecule has 7 heteroatoms. The number of nitrogens with zero attached hydrogens (tertiary/aromatic N) is 1. The number of pyridine rings is 1. The third-order valence-electron chi connectivity index (χ3n) is 1.63. The van der Waals surface area contributed by atoms with Gasteiger partial charge in [-0.1, -0.05) is 0 Å². The van der Waals surface area contributed by atoms with E-state index in [9.17, 15) is 13.6 Å². The molecule has 0 saturated heterocycles. The van der Waals surface area contributed by atoms with Crippen molar-refractivity contribution in [1.82, 2.24) is 4.98 Å². The molecule has 0 radical (unpaired) electrons. The van der Waals surface area contributed by atoms with E-state index in [0.717, 1.165) is 0 Å². The van der Waals surface area contributed by atoms with Crippen molar-refractivity contribution in [3.05, 3.63) is 26.4 Å². The standard InChI is InChI=1S/C9H7Br2F2NO2/c1-2-16-9(15)7-5(11)3-4(10)6(14-7)8(12)13/h3,8H,2H2,1H3. The van der Waals surface area contributed by atoms with Crippen LogP contribution >= 0.6 is 31.9 Å². The summed E-state index contributed by atoms with van der Waals surface area (Å²) in [5.41, 5.74) is -0.633. The fraction of sp³-hybridized carbons (Fsp3) is 0.333. The first kappa shape index (κ1) is 13.5. The molecule has 1 aromatic rings. The van der Waals surface area contributed by atoms with Gasteiger partial charge in [0.05, 0.1) is 11.1 Å². The second-order valence-corrected chi connectivity index (χ2v) is 4.42. The molecule has 0 spiro atoms. The lowest BCUT2D eigenvalue weighted by Gasteiger charge is -2.07. The summed E-state index contributed by atoms with van der Waals surface area (Å²) in [5, 5.41) is 0. The highest BCUT2D eigenvalue weighted by atomic mass is 79.9. The van der Waals surface area contributed by atoms with E-state index in [4.69, 9.17) is 4.74 Å². The van der Waals surface area contributed by atoms with Gasteiger partial charge in [-0.25, -0.2) is 18.6 Å². The van der Waals surface area contributed by atoms with Gasteiger partial charge < -0.3 is 4.74 Å². The molecule has 1 aromatic heterocycles. The van der Waals surface area contributed by atoms with Gasteiger partial charge in [0.2, 0.25) is 0 Å². The molecule has 0 atom stereocenters. The Labute approximate surface area is 107 Å². The minimum atomic E-state index is -2.75. The van der Waals surface area contributed by atoms with E-state index in [-0.39, 0.29) is 16.8 Å². The Morgan fingerprint density at radius 3 is 2.62 bits per heavy atom. The van der Waals surface area contributed by atoms with Crippen molar-refractivity contribution in [2.75, 3.05) is 6.61 Å². The van der Waals surface area contributed by atoms with Crippen molar-refractivity contribution < 1.29 is 18.3 Å². The molecule has 0 amide bonds. The molecule has 0 N–H and O–H groups in total. The maximum Gasteiger partial charge on any atom is 0.358 e. The Morgan fingerprint density at radius 2 is 2.12 bits per heavy atom. The van der Waals surface area contributed by atoms with Gasteiger partial charge >= 0.3 is 5.97 Å². The summed E-state index contributed by atoms with van der Waals surface area (Å²) in [6.45, 7) is 1.78. The Morgan fingerprint density at radius 1 is 1.50 bits per heavy atom. The molecule has 0 bridgehead atoms. The van der Waals surface area contributed by atoms with Gasteiger partial charge in [0.1, 0.15) is 5.69 Å². The number of rotatable bonds is 3. The highest BCUT2D eigenvalue weighted by molar-refractivity contribution is 9.11. The Balaban J connectivity index is 3.19. The fourth-order valence-corrected chi connectivity index (χ4v) is 2.25. The summed E-state index contributed by atoms with van der Waals surface area (Å²) in [7, 11) is 0. The number of alkyl halides is 2. The first-order valence-corrected chi connectivity index (χ1v) is 5.87. The van der Waals surface area contributed by atoms with Crippen molar-refractivity contribution in [1.29, 1.82) is 0 Å². The second-order valence-electron chi connectivity index (χ2n) is 2.71. The number of hydrogen-bond donors (Lipinski definition) is 0. The van der Waals surface area contributed by atoms with Crippen LogP contribution in [0.5, 0.6) is 0 Å². The lowest BCUT2D eigenvalue weighted by atomic mass is 10.3. The maximum atomic E-state index is 12.5. The van der Waals surface area contributed by atoms with Crippen molar-refractivity contribution in [3.8, 4) is 0 Å². The van der Waals surface area contributed by atoms with Crippen molar-refractivity contribution >= 4 is 37.8 Å². The number of halogens is 4. The van der Waals surface area contributed by atoms with Crippen LogP contribution in [0.25, 0.3) is 0 Å². The molecule has 0 aliphatic carbocycles. The van der Waals surface area contributed by atoms with Gasteiger partial charge in [-0.3, -0.25) is 0 Å². The number of aromatic nitrogens is 1. The highest BCUT2D eigenvalue weighted by Gasteiger charge is 2.20. The molecule has 0 saturated carbocycles. The number of carbonyl (C=O) groups excluding carboxylic acids is 1. The highest BCUT2D eigenvalue weighted by Crippen LogP contribution is 2.29. The van der Waals surface area contributed by atoms with E-state index in [2.05, 4.69) is 36.8 Å². The average Bonchev–Trinajstić information content (AvgIpc) is 2.17. The number of hydrogen-bond acceptors (Lipinski definition) is 3. The first-order valence-electron chi connectivity index (χ1n) is 4.28. The Bertz CT molecular complexity index is 413. The minimum Gasteiger partial charge on any atom is -0.461 e. The fourth-order valence-electron chi connectivity index (χ4n) is 0.976. The van der Waals surface area contributed by atoms with Gasteiger partial charge in [-0.05, 0) is 44.8 Å². The number of carbonyl (C=O) groups is 1.